The predicted octanol–water partition coefficient (Wildman–Crippen LogP) is 1.58. The average Bonchev–Trinajstić information content (AvgIpc) is 2.58. The van der Waals surface area contributed by atoms with E-state index in [0.717, 1.165) is 25.2 Å². The smallest absolute Gasteiger partial charge is 0.387 e. The van der Waals surface area contributed by atoms with E-state index in [9.17, 15) is 23.1 Å². The molecule has 2 unspecified atom stereocenters. The number of hydrogen-bond acceptors (Lipinski definition) is 4. The molecule has 1 aromatic carbocycles. The molecule has 0 saturated carbocycles. The zero-order chi connectivity index (χ0) is 17.7. The minimum Gasteiger partial charge on any atom is -0.387 e. The van der Waals surface area contributed by atoms with Crippen LogP contribution in [0.5, 0.6) is 0 Å². The minimum atomic E-state index is -4.47. The van der Waals surface area contributed by atoms with Crippen LogP contribution >= 0.6 is 0 Å². The molecule has 2 atom stereocenters. The number of nitrogens with one attached hydrogen (secondary N) is 1. The monoisotopic (exact) mass is 346 g/mol. The van der Waals surface area contributed by atoms with Gasteiger partial charge >= 0.3 is 6.18 Å². The zero-order valence-corrected chi connectivity index (χ0v) is 13.3. The van der Waals surface area contributed by atoms with Crippen molar-refractivity contribution in [2.75, 3.05) is 32.8 Å². The Morgan fingerprint density at radius 1 is 1.50 bits per heavy atom. The van der Waals surface area contributed by atoms with Crippen LogP contribution in [0.2, 0.25) is 0 Å². The number of aliphatic hydroxyl groups excluding tert-OH is 1. The first-order valence-corrected chi connectivity index (χ1v) is 7.78. The van der Waals surface area contributed by atoms with Crippen molar-refractivity contribution in [2.24, 2.45) is 0 Å². The molecule has 8 heteroatoms. The summed E-state index contributed by atoms with van der Waals surface area (Å²) < 4.78 is 43.4. The number of amides is 1. The molecular formula is C16H21F3N2O3. The number of halogens is 3. The van der Waals surface area contributed by atoms with Gasteiger partial charge in [0.25, 0.3) is 5.91 Å². The lowest BCUT2D eigenvalue weighted by Gasteiger charge is -2.31. The second-order valence-electron chi connectivity index (χ2n) is 5.64. The van der Waals surface area contributed by atoms with Gasteiger partial charge in [0.1, 0.15) is 6.10 Å². The summed E-state index contributed by atoms with van der Waals surface area (Å²) in [5.74, 6) is -0.376. The Morgan fingerprint density at radius 3 is 2.92 bits per heavy atom. The SMILES string of the molecule is CCN1CCOC(C(=O)NCC(O)c2cccc(C(F)(F)F)c2)C1. The van der Waals surface area contributed by atoms with E-state index < -0.39 is 23.9 Å². The number of alkyl halides is 3. The Bertz CT molecular complexity index is 566. The van der Waals surface area contributed by atoms with Crippen LogP contribution in [-0.2, 0) is 15.7 Å². The third kappa shape index (κ3) is 4.93. The van der Waals surface area contributed by atoms with Crippen molar-refractivity contribution in [1.82, 2.24) is 10.2 Å². The van der Waals surface area contributed by atoms with Gasteiger partial charge in [-0.3, -0.25) is 9.69 Å². The number of nitrogens with zero attached hydrogens (tertiary/aromatic N) is 1. The highest BCUT2D eigenvalue weighted by Gasteiger charge is 2.31. The third-order valence-corrected chi connectivity index (χ3v) is 3.96. The summed E-state index contributed by atoms with van der Waals surface area (Å²) in [5.41, 5.74) is -0.732. The highest BCUT2D eigenvalue weighted by Crippen LogP contribution is 2.30. The van der Waals surface area contributed by atoms with Crippen LogP contribution in [0.4, 0.5) is 13.2 Å². The molecule has 0 radical (unpaired) electrons. The van der Waals surface area contributed by atoms with Crippen molar-refractivity contribution >= 4 is 5.91 Å². The van der Waals surface area contributed by atoms with E-state index in [1.165, 1.54) is 12.1 Å². The summed E-state index contributed by atoms with van der Waals surface area (Å²) in [4.78, 5) is 14.1. The molecule has 24 heavy (non-hydrogen) atoms. The lowest BCUT2D eigenvalue weighted by molar-refractivity contribution is -0.139. The van der Waals surface area contributed by atoms with Crippen molar-refractivity contribution < 1.29 is 27.8 Å². The molecule has 1 fully saturated rings. The van der Waals surface area contributed by atoms with Crippen LogP contribution in [0.15, 0.2) is 24.3 Å². The molecule has 1 aliphatic rings. The Balaban J connectivity index is 1.91. The lowest BCUT2D eigenvalue weighted by atomic mass is 10.1. The first kappa shape index (κ1) is 18.7. The van der Waals surface area contributed by atoms with E-state index in [4.69, 9.17) is 4.74 Å². The van der Waals surface area contributed by atoms with Gasteiger partial charge in [0.05, 0.1) is 18.3 Å². The van der Waals surface area contributed by atoms with E-state index in [-0.39, 0.29) is 18.0 Å². The number of carbonyl (C=O) groups excluding carboxylic acids is 1. The molecule has 0 bridgehead atoms. The van der Waals surface area contributed by atoms with Gasteiger partial charge in [-0.25, -0.2) is 0 Å². The van der Waals surface area contributed by atoms with Gasteiger partial charge in [-0.1, -0.05) is 19.1 Å². The van der Waals surface area contributed by atoms with Crippen LogP contribution in [0.3, 0.4) is 0 Å². The third-order valence-electron chi connectivity index (χ3n) is 3.96. The molecule has 134 valence electrons. The number of hydrogen-bond donors (Lipinski definition) is 2. The van der Waals surface area contributed by atoms with E-state index >= 15 is 0 Å². The molecule has 2 N–H and O–H groups in total. The van der Waals surface area contributed by atoms with E-state index in [1.54, 1.807) is 0 Å². The number of rotatable bonds is 5. The summed E-state index contributed by atoms with van der Waals surface area (Å²) in [6.07, 6.45) is -6.33. The molecule has 1 saturated heterocycles. The first-order chi connectivity index (χ1) is 11.3. The fourth-order valence-electron chi connectivity index (χ4n) is 2.50. The standard InChI is InChI=1S/C16H21F3N2O3/c1-2-21-6-7-24-14(10-21)15(23)20-9-13(22)11-4-3-5-12(8-11)16(17,18)19/h3-5,8,13-14,22H,2,6-7,9-10H2,1H3,(H,20,23). The molecule has 0 spiro atoms. The summed E-state index contributed by atoms with van der Waals surface area (Å²) >= 11 is 0. The van der Waals surface area contributed by atoms with Crippen molar-refractivity contribution in [3.8, 4) is 0 Å². The Hall–Kier alpha value is -1.64. The second-order valence-corrected chi connectivity index (χ2v) is 5.64. The molecular weight excluding hydrogens is 325 g/mol. The Morgan fingerprint density at radius 2 is 2.25 bits per heavy atom. The number of ether oxygens (including phenoxy) is 1. The van der Waals surface area contributed by atoms with Gasteiger partial charge in [-0.15, -0.1) is 0 Å². The maximum atomic E-state index is 12.7. The second kappa shape index (κ2) is 7.96. The van der Waals surface area contributed by atoms with Crippen molar-refractivity contribution in [3.63, 3.8) is 0 Å². The average molecular weight is 346 g/mol. The fourth-order valence-corrected chi connectivity index (χ4v) is 2.50. The van der Waals surface area contributed by atoms with E-state index in [2.05, 4.69) is 10.2 Å². The number of benzene rings is 1. The van der Waals surface area contributed by atoms with Crippen LogP contribution in [-0.4, -0.2) is 54.8 Å². The summed E-state index contributed by atoms with van der Waals surface area (Å²) in [6.45, 7) is 4.28. The van der Waals surface area contributed by atoms with Crippen molar-refractivity contribution in [1.29, 1.82) is 0 Å². The van der Waals surface area contributed by atoms with Gasteiger partial charge in [0, 0.05) is 19.6 Å². The van der Waals surface area contributed by atoms with E-state index in [1.807, 2.05) is 6.92 Å². The topological polar surface area (TPSA) is 61.8 Å². The predicted molar refractivity (Wildman–Crippen MR) is 81.3 cm³/mol. The molecule has 0 aliphatic carbocycles. The Kier molecular flexibility index (Phi) is 6.20. The lowest BCUT2D eigenvalue weighted by Crippen LogP contribution is -2.50. The van der Waals surface area contributed by atoms with Crippen molar-refractivity contribution in [3.05, 3.63) is 35.4 Å². The summed E-state index contributed by atoms with van der Waals surface area (Å²) in [6, 6.07) is 4.44. The Labute approximate surface area is 138 Å². The zero-order valence-electron chi connectivity index (χ0n) is 13.3. The van der Waals surface area contributed by atoms with Crippen molar-refractivity contribution in [2.45, 2.75) is 25.3 Å². The number of aliphatic hydroxyl groups is 1. The molecule has 2 rings (SSSR count). The number of morpholine rings is 1. The minimum absolute atomic E-state index is 0.102. The molecule has 0 aromatic heterocycles. The summed E-state index contributed by atoms with van der Waals surface area (Å²) in [7, 11) is 0. The molecule has 1 aliphatic heterocycles. The molecule has 5 nitrogen and oxygen atoms in total. The largest absolute Gasteiger partial charge is 0.416 e. The fraction of sp³-hybridized carbons (Fsp3) is 0.562. The van der Waals surface area contributed by atoms with Gasteiger partial charge < -0.3 is 15.2 Å². The van der Waals surface area contributed by atoms with Crippen LogP contribution in [0.1, 0.15) is 24.2 Å². The molecule has 1 heterocycles. The first-order valence-electron chi connectivity index (χ1n) is 7.78. The highest BCUT2D eigenvalue weighted by molar-refractivity contribution is 5.81. The normalized spacial score (nSPS) is 20.6. The highest BCUT2D eigenvalue weighted by atomic mass is 19.4. The molecule has 1 amide bonds. The van der Waals surface area contributed by atoms with Crippen LogP contribution in [0, 0.1) is 0 Å². The number of carbonyl (C=O) groups is 1. The van der Waals surface area contributed by atoms with Gasteiger partial charge in [0.2, 0.25) is 0 Å². The van der Waals surface area contributed by atoms with Gasteiger partial charge in [-0.05, 0) is 24.2 Å². The quantitative estimate of drug-likeness (QED) is 0.850. The van der Waals surface area contributed by atoms with Crippen LogP contribution < -0.4 is 5.32 Å². The van der Waals surface area contributed by atoms with E-state index in [0.29, 0.717) is 13.2 Å². The summed E-state index contributed by atoms with van der Waals surface area (Å²) in [5, 5.41) is 12.6. The van der Waals surface area contributed by atoms with Crippen LogP contribution in [0.25, 0.3) is 0 Å². The maximum absolute atomic E-state index is 12.7. The van der Waals surface area contributed by atoms with Gasteiger partial charge in [-0.2, -0.15) is 13.2 Å². The maximum Gasteiger partial charge on any atom is 0.416 e. The molecule has 1 aromatic rings. The number of likely N-dealkylation sites (N-methyl/N-ethyl adjacent to an activating group) is 1. The van der Waals surface area contributed by atoms with Gasteiger partial charge in [0.15, 0.2) is 0 Å².